The van der Waals surface area contributed by atoms with Crippen molar-refractivity contribution in [3.05, 3.63) is 83.1 Å². The standard InChI is InChI=1S/C21H20N2O5/c1-15-19(21(25)26-2)10-18(28-15)14-27-20(24)9-8-17-11-22-23(13-17)12-16-6-4-3-5-7-16/h3-11,13H,12,14H2,1-2H3/b9-8+. The number of aryl methyl sites for hydroxylation is 1. The maximum atomic E-state index is 11.9. The molecule has 0 bridgehead atoms. The Labute approximate surface area is 162 Å². The highest BCUT2D eigenvalue weighted by atomic mass is 16.5. The van der Waals surface area contributed by atoms with Gasteiger partial charge in [-0.15, -0.1) is 0 Å². The van der Waals surface area contributed by atoms with E-state index in [1.165, 1.54) is 19.3 Å². The number of carbonyl (C=O) groups is 2. The predicted molar refractivity (Wildman–Crippen MR) is 101 cm³/mol. The summed E-state index contributed by atoms with van der Waals surface area (Å²) in [6.45, 7) is 2.22. The fourth-order valence-corrected chi connectivity index (χ4v) is 2.60. The van der Waals surface area contributed by atoms with Crippen molar-refractivity contribution in [3.8, 4) is 0 Å². The van der Waals surface area contributed by atoms with E-state index in [1.807, 2.05) is 36.5 Å². The minimum Gasteiger partial charge on any atom is -0.465 e. The number of methoxy groups -OCH3 is 1. The number of esters is 2. The van der Waals surface area contributed by atoms with Crippen LogP contribution in [-0.2, 0) is 27.4 Å². The fraction of sp³-hybridized carbons (Fsp3) is 0.190. The van der Waals surface area contributed by atoms with E-state index in [4.69, 9.17) is 9.15 Å². The average Bonchev–Trinajstić information content (AvgIpc) is 3.31. The summed E-state index contributed by atoms with van der Waals surface area (Å²) in [7, 11) is 1.29. The molecule has 3 aromatic rings. The van der Waals surface area contributed by atoms with E-state index in [2.05, 4.69) is 9.84 Å². The van der Waals surface area contributed by atoms with Crippen molar-refractivity contribution < 1.29 is 23.5 Å². The molecule has 0 spiro atoms. The second kappa shape index (κ2) is 8.85. The largest absolute Gasteiger partial charge is 0.465 e. The quantitative estimate of drug-likeness (QED) is 0.462. The molecule has 0 fully saturated rings. The molecule has 1 aromatic carbocycles. The van der Waals surface area contributed by atoms with Crippen molar-refractivity contribution in [1.29, 1.82) is 0 Å². The summed E-state index contributed by atoms with van der Waals surface area (Å²) in [6, 6.07) is 11.5. The highest BCUT2D eigenvalue weighted by molar-refractivity contribution is 5.90. The zero-order valence-electron chi connectivity index (χ0n) is 15.6. The van der Waals surface area contributed by atoms with E-state index in [9.17, 15) is 9.59 Å². The van der Waals surface area contributed by atoms with Crippen LogP contribution in [0.25, 0.3) is 6.08 Å². The lowest BCUT2D eigenvalue weighted by atomic mass is 10.2. The summed E-state index contributed by atoms with van der Waals surface area (Å²) in [5, 5.41) is 4.27. The van der Waals surface area contributed by atoms with Gasteiger partial charge in [-0.2, -0.15) is 5.10 Å². The summed E-state index contributed by atoms with van der Waals surface area (Å²) >= 11 is 0. The number of nitrogens with zero attached hydrogens (tertiary/aromatic N) is 2. The number of rotatable bonds is 7. The van der Waals surface area contributed by atoms with Crippen molar-refractivity contribution in [3.63, 3.8) is 0 Å². The van der Waals surface area contributed by atoms with Crippen LogP contribution in [0.15, 0.2) is 59.3 Å². The Balaban J connectivity index is 1.52. The molecule has 7 heteroatoms. The first-order valence-electron chi connectivity index (χ1n) is 8.64. The Morgan fingerprint density at radius 3 is 2.79 bits per heavy atom. The number of benzene rings is 1. The van der Waals surface area contributed by atoms with Gasteiger partial charge in [-0.25, -0.2) is 9.59 Å². The lowest BCUT2D eigenvalue weighted by Crippen LogP contribution is -2.01. The summed E-state index contributed by atoms with van der Waals surface area (Å²) < 4.78 is 17.0. The van der Waals surface area contributed by atoms with Crippen molar-refractivity contribution in [2.75, 3.05) is 7.11 Å². The Kier molecular flexibility index (Phi) is 6.06. The van der Waals surface area contributed by atoms with Crippen LogP contribution in [0.1, 0.15) is 33.0 Å². The van der Waals surface area contributed by atoms with Crippen LogP contribution >= 0.6 is 0 Å². The highest BCUT2D eigenvalue weighted by Gasteiger charge is 2.15. The Morgan fingerprint density at radius 1 is 1.25 bits per heavy atom. The van der Waals surface area contributed by atoms with E-state index >= 15 is 0 Å². The van der Waals surface area contributed by atoms with Gasteiger partial charge in [-0.05, 0) is 24.6 Å². The van der Waals surface area contributed by atoms with Gasteiger partial charge in [0.25, 0.3) is 0 Å². The molecule has 28 heavy (non-hydrogen) atoms. The molecule has 0 amide bonds. The van der Waals surface area contributed by atoms with Crippen LogP contribution in [-0.4, -0.2) is 28.8 Å². The van der Waals surface area contributed by atoms with E-state index < -0.39 is 11.9 Å². The molecule has 0 aliphatic rings. The lowest BCUT2D eigenvalue weighted by Gasteiger charge is -2.00. The summed E-state index contributed by atoms with van der Waals surface area (Å²) in [5.74, 6) is -0.231. The number of ether oxygens (including phenoxy) is 2. The second-order valence-corrected chi connectivity index (χ2v) is 6.07. The van der Waals surface area contributed by atoms with Crippen molar-refractivity contribution in [1.82, 2.24) is 9.78 Å². The maximum Gasteiger partial charge on any atom is 0.341 e. The molecule has 2 aromatic heterocycles. The smallest absolute Gasteiger partial charge is 0.341 e. The first-order valence-corrected chi connectivity index (χ1v) is 8.64. The zero-order valence-corrected chi connectivity index (χ0v) is 15.6. The van der Waals surface area contributed by atoms with Gasteiger partial charge in [-0.3, -0.25) is 4.68 Å². The highest BCUT2D eigenvalue weighted by Crippen LogP contribution is 2.16. The fourth-order valence-electron chi connectivity index (χ4n) is 2.60. The molecule has 3 rings (SSSR count). The molecule has 7 nitrogen and oxygen atoms in total. The number of hydrogen-bond acceptors (Lipinski definition) is 6. The third-order valence-electron chi connectivity index (χ3n) is 3.98. The molecule has 2 heterocycles. The van der Waals surface area contributed by atoms with Crippen LogP contribution in [0, 0.1) is 6.92 Å². The molecule has 0 N–H and O–H groups in total. The molecular weight excluding hydrogens is 360 g/mol. The molecule has 0 radical (unpaired) electrons. The van der Waals surface area contributed by atoms with Gasteiger partial charge in [0.05, 0.1) is 19.9 Å². The van der Waals surface area contributed by atoms with Crippen molar-refractivity contribution in [2.45, 2.75) is 20.1 Å². The molecule has 0 aliphatic heterocycles. The van der Waals surface area contributed by atoms with E-state index in [0.29, 0.717) is 23.6 Å². The lowest BCUT2D eigenvalue weighted by molar-refractivity contribution is -0.139. The van der Waals surface area contributed by atoms with Gasteiger partial charge < -0.3 is 13.9 Å². The third-order valence-corrected chi connectivity index (χ3v) is 3.98. The Hall–Kier alpha value is -3.61. The van der Waals surface area contributed by atoms with E-state index in [1.54, 1.807) is 23.9 Å². The van der Waals surface area contributed by atoms with Crippen LogP contribution in [0.2, 0.25) is 0 Å². The van der Waals surface area contributed by atoms with E-state index in [0.717, 1.165) is 11.1 Å². The van der Waals surface area contributed by atoms with Gasteiger partial charge in [0, 0.05) is 17.8 Å². The number of hydrogen-bond donors (Lipinski definition) is 0. The summed E-state index contributed by atoms with van der Waals surface area (Å²) in [5.41, 5.74) is 2.24. The average molecular weight is 380 g/mol. The summed E-state index contributed by atoms with van der Waals surface area (Å²) in [4.78, 5) is 23.5. The maximum absolute atomic E-state index is 11.9. The van der Waals surface area contributed by atoms with Gasteiger partial charge >= 0.3 is 11.9 Å². The normalized spacial score (nSPS) is 10.9. The molecule has 0 saturated carbocycles. The van der Waals surface area contributed by atoms with Gasteiger partial charge in [0.1, 0.15) is 23.7 Å². The van der Waals surface area contributed by atoms with Crippen molar-refractivity contribution in [2.24, 2.45) is 0 Å². The zero-order chi connectivity index (χ0) is 19.9. The van der Waals surface area contributed by atoms with Crippen molar-refractivity contribution >= 4 is 18.0 Å². The first-order chi connectivity index (χ1) is 13.5. The van der Waals surface area contributed by atoms with Crippen LogP contribution in [0.5, 0.6) is 0 Å². The monoisotopic (exact) mass is 380 g/mol. The SMILES string of the molecule is COC(=O)c1cc(COC(=O)/C=C/c2cnn(Cc3ccccc3)c2)oc1C. The molecule has 0 saturated heterocycles. The Bertz CT molecular complexity index is 985. The number of aromatic nitrogens is 2. The number of carbonyl (C=O) groups excluding carboxylic acids is 2. The van der Waals surface area contributed by atoms with Crippen LogP contribution in [0.3, 0.4) is 0 Å². The predicted octanol–water partition coefficient (Wildman–Crippen LogP) is 3.38. The van der Waals surface area contributed by atoms with Gasteiger partial charge in [-0.1, -0.05) is 30.3 Å². The first kappa shape index (κ1) is 19.2. The second-order valence-electron chi connectivity index (χ2n) is 6.07. The molecule has 0 aliphatic carbocycles. The van der Waals surface area contributed by atoms with Crippen LogP contribution < -0.4 is 0 Å². The van der Waals surface area contributed by atoms with E-state index in [-0.39, 0.29) is 6.61 Å². The topological polar surface area (TPSA) is 83.6 Å². The third kappa shape index (κ3) is 4.97. The molecule has 0 atom stereocenters. The number of furan rings is 1. The van der Waals surface area contributed by atoms with Gasteiger partial charge in [0.15, 0.2) is 0 Å². The Morgan fingerprint density at radius 2 is 2.04 bits per heavy atom. The minimum absolute atomic E-state index is 0.0751. The molecular formula is C21H20N2O5. The van der Waals surface area contributed by atoms with Crippen LogP contribution in [0.4, 0.5) is 0 Å². The molecule has 144 valence electrons. The van der Waals surface area contributed by atoms with Gasteiger partial charge in [0.2, 0.25) is 0 Å². The summed E-state index contributed by atoms with van der Waals surface area (Å²) in [6.07, 6.45) is 6.46. The minimum atomic E-state index is -0.524. The molecule has 0 unspecified atom stereocenters.